The number of ether oxygens (including phenoxy) is 2. The molecule has 2 atom stereocenters. The quantitative estimate of drug-likeness (QED) is 0.636. The lowest BCUT2D eigenvalue weighted by atomic mass is 9.86. The number of nitro groups is 1. The highest BCUT2D eigenvalue weighted by Crippen LogP contribution is 2.35. The molecule has 7 nitrogen and oxygen atoms in total. The van der Waals surface area contributed by atoms with Crippen LogP contribution in [0.1, 0.15) is 49.9 Å². The maximum absolute atomic E-state index is 12.6. The molecular formula is C17H24N2O5. The van der Waals surface area contributed by atoms with E-state index < -0.39 is 10.8 Å². The van der Waals surface area contributed by atoms with Crippen molar-refractivity contribution in [3.05, 3.63) is 27.8 Å². The fraction of sp³-hybridized carbons (Fsp3) is 0.588. The maximum Gasteiger partial charge on any atom is 0.286 e. The number of benzene rings is 1. The molecule has 0 radical (unpaired) electrons. The second-order valence-electron chi connectivity index (χ2n) is 6.05. The van der Waals surface area contributed by atoms with Crippen molar-refractivity contribution in [1.29, 1.82) is 0 Å². The molecule has 24 heavy (non-hydrogen) atoms. The largest absolute Gasteiger partial charge is 0.493 e. The van der Waals surface area contributed by atoms with Gasteiger partial charge in [0, 0.05) is 12.1 Å². The Kier molecular flexibility index (Phi) is 6.00. The van der Waals surface area contributed by atoms with Crippen LogP contribution in [0.25, 0.3) is 0 Å². The number of carbonyl (C=O) groups is 1. The van der Waals surface area contributed by atoms with E-state index in [-0.39, 0.29) is 23.0 Å². The van der Waals surface area contributed by atoms with Crippen LogP contribution in [0, 0.1) is 16.0 Å². The number of methoxy groups -OCH3 is 1. The highest BCUT2D eigenvalue weighted by Gasteiger charge is 2.28. The minimum Gasteiger partial charge on any atom is -0.493 e. The summed E-state index contributed by atoms with van der Waals surface area (Å²) < 4.78 is 10.6. The van der Waals surface area contributed by atoms with Gasteiger partial charge in [-0.15, -0.1) is 0 Å². The Morgan fingerprint density at radius 1 is 1.33 bits per heavy atom. The van der Waals surface area contributed by atoms with Crippen LogP contribution in [0.15, 0.2) is 12.1 Å². The Bertz CT molecular complexity index is 617. The van der Waals surface area contributed by atoms with Gasteiger partial charge in [-0.1, -0.05) is 19.8 Å². The summed E-state index contributed by atoms with van der Waals surface area (Å²) in [5.74, 6) is 0.494. The number of nitro benzene ring substituents is 1. The summed E-state index contributed by atoms with van der Waals surface area (Å²) in [6, 6.07) is 2.68. The zero-order valence-corrected chi connectivity index (χ0v) is 14.3. The van der Waals surface area contributed by atoms with Crippen LogP contribution in [0.5, 0.6) is 11.5 Å². The number of hydrogen-bond acceptors (Lipinski definition) is 5. The summed E-state index contributed by atoms with van der Waals surface area (Å²) in [5, 5.41) is 14.3. The van der Waals surface area contributed by atoms with E-state index in [1.54, 1.807) is 6.92 Å². The Hall–Kier alpha value is -2.31. The number of hydrogen-bond donors (Lipinski definition) is 1. The fourth-order valence-electron chi connectivity index (χ4n) is 3.09. The molecule has 0 saturated heterocycles. The zero-order valence-electron chi connectivity index (χ0n) is 14.3. The minimum atomic E-state index is -0.572. The molecular weight excluding hydrogens is 312 g/mol. The van der Waals surface area contributed by atoms with E-state index in [9.17, 15) is 14.9 Å². The van der Waals surface area contributed by atoms with Gasteiger partial charge in [-0.05, 0) is 25.7 Å². The highest BCUT2D eigenvalue weighted by atomic mass is 16.6. The number of carbonyl (C=O) groups excluding carboxylic acids is 1. The third kappa shape index (κ3) is 3.96. The second kappa shape index (κ2) is 7.99. The van der Waals surface area contributed by atoms with E-state index in [2.05, 4.69) is 12.2 Å². The Morgan fingerprint density at radius 3 is 2.62 bits per heavy atom. The third-order valence-electron chi connectivity index (χ3n) is 4.45. The zero-order chi connectivity index (χ0) is 17.7. The first-order valence-corrected chi connectivity index (χ1v) is 8.28. The van der Waals surface area contributed by atoms with E-state index in [1.807, 2.05) is 0 Å². The van der Waals surface area contributed by atoms with Crippen LogP contribution in [0.4, 0.5) is 5.69 Å². The molecule has 7 heteroatoms. The average Bonchev–Trinajstić information content (AvgIpc) is 2.56. The Labute approximate surface area is 141 Å². The molecule has 1 fully saturated rings. The molecule has 1 aromatic carbocycles. The Balaban J connectivity index is 2.33. The molecule has 2 rings (SSSR count). The molecule has 0 aliphatic heterocycles. The van der Waals surface area contributed by atoms with E-state index >= 15 is 0 Å². The van der Waals surface area contributed by atoms with E-state index in [4.69, 9.17) is 9.47 Å². The predicted octanol–water partition coefficient (Wildman–Crippen LogP) is 3.31. The van der Waals surface area contributed by atoms with Crippen molar-refractivity contribution in [2.24, 2.45) is 5.92 Å². The van der Waals surface area contributed by atoms with Crippen LogP contribution in [-0.2, 0) is 0 Å². The van der Waals surface area contributed by atoms with Crippen LogP contribution in [-0.4, -0.2) is 30.6 Å². The molecule has 1 saturated carbocycles. The molecule has 0 aromatic heterocycles. The lowest BCUT2D eigenvalue weighted by Crippen LogP contribution is -2.41. The standard InChI is InChI=1S/C17H24N2O5/c1-4-24-16-9-12(14(19(21)22)10-15(16)23-3)17(20)18-13-8-6-5-7-11(13)2/h9-11,13H,4-8H2,1-3H3,(H,18,20). The van der Waals surface area contributed by atoms with Crippen molar-refractivity contribution in [1.82, 2.24) is 5.32 Å². The monoisotopic (exact) mass is 336 g/mol. The van der Waals surface area contributed by atoms with Gasteiger partial charge in [0.1, 0.15) is 5.56 Å². The lowest BCUT2D eigenvalue weighted by molar-refractivity contribution is -0.385. The summed E-state index contributed by atoms with van der Waals surface area (Å²) in [5.41, 5.74) is -0.279. The SMILES string of the molecule is CCOc1cc(C(=O)NC2CCCCC2C)c([N+](=O)[O-])cc1OC. The fourth-order valence-corrected chi connectivity index (χ4v) is 3.09. The summed E-state index contributed by atoms with van der Waals surface area (Å²) in [6.45, 7) is 4.26. The van der Waals surface area contributed by atoms with Gasteiger partial charge in [-0.2, -0.15) is 0 Å². The molecule has 1 aliphatic rings. The van der Waals surface area contributed by atoms with Crippen LogP contribution in [0.2, 0.25) is 0 Å². The highest BCUT2D eigenvalue weighted by molar-refractivity contribution is 5.99. The molecule has 0 spiro atoms. The molecule has 1 aromatic rings. The summed E-state index contributed by atoms with van der Waals surface area (Å²) >= 11 is 0. The predicted molar refractivity (Wildman–Crippen MR) is 89.7 cm³/mol. The van der Waals surface area contributed by atoms with E-state index in [1.165, 1.54) is 19.2 Å². The number of nitrogens with zero attached hydrogens (tertiary/aromatic N) is 1. The maximum atomic E-state index is 12.6. The minimum absolute atomic E-state index is 0.00187. The molecule has 0 heterocycles. The molecule has 0 bridgehead atoms. The molecule has 132 valence electrons. The number of rotatable bonds is 6. The van der Waals surface area contributed by atoms with Gasteiger partial charge in [-0.25, -0.2) is 0 Å². The normalized spacial score (nSPS) is 20.3. The smallest absolute Gasteiger partial charge is 0.286 e. The third-order valence-corrected chi connectivity index (χ3v) is 4.45. The lowest BCUT2D eigenvalue weighted by Gasteiger charge is -2.29. The Morgan fingerprint density at radius 2 is 2.04 bits per heavy atom. The van der Waals surface area contributed by atoms with Crippen molar-refractivity contribution < 1.29 is 19.2 Å². The second-order valence-corrected chi connectivity index (χ2v) is 6.05. The number of nitrogens with one attached hydrogen (secondary N) is 1. The van der Waals surface area contributed by atoms with Crippen molar-refractivity contribution in [2.75, 3.05) is 13.7 Å². The molecule has 1 amide bonds. The first-order valence-electron chi connectivity index (χ1n) is 8.28. The van der Waals surface area contributed by atoms with Crippen LogP contribution < -0.4 is 14.8 Å². The van der Waals surface area contributed by atoms with Crippen LogP contribution in [0.3, 0.4) is 0 Å². The van der Waals surface area contributed by atoms with Crippen molar-refractivity contribution in [3.63, 3.8) is 0 Å². The van der Waals surface area contributed by atoms with Gasteiger partial charge in [-0.3, -0.25) is 14.9 Å². The van der Waals surface area contributed by atoms with Gasteiger partial charge in [0.25, 0.3) is 11.6 Å². The summed E-state index contributed by atoms with van der Waals surface area (Å²) in [7, 11) is 1.41. The van der Waals surface area contributed by atoms with Gasteiger partial charge in [0.2, 0.25) is 0 Å². The van der Waals surface area contributed by atoms with Gasteiger partial charge in [0.05, 0.1) is 24.7 Å². The molecule has 1 aliphatic carbocycles. The number of amides is 1. The van der Waals surface area contributed by atoms with Gasteiger partial charge < -0.3 is 14.8 Å². The first kappa shape index (κ1) is 18.0. The van der Waals surface area contributed by atoms with Crippen molar-refractivity contribution >= 4 is 11.6 Å². The molecule has 1 N–H and O–H groups in total. The summed E-state index contributed by atoms with van der Waals surface area (Å²) in [6.07, 6.45) is 4.17. The topological polar surface area (TPSA) is 90.7 Å². The van der Waals surface area contributed by atoms with E-state index in [0.717, 1.165) is 25.7 Å². The van der Waals surface area contributed by atoms with Crippen molar-refractivity contribution in [2.45, 2.75) is 45.6 Å². The average molecular weight is 336 g/mol. The van der Waals surface area contributed by atoms with Gasteiger partial charge in [0.15, 0.2) is 11.5 Å². The van der Waals surface area contributed by atoms with Gasteiger partial charge >= 0.3 is 0 Å². The van der Waals surface area contributed by atoms with Crippen molar-refractivity contribution in [3.8, 4) is 11.5 Å². The summed E-state index contributed by atoms with van der Waals surface area (Å²) in [4.78, 5) is 23.4. The van der Waals surface area contributed by atoms with E-state index in [0.29, 0.717) is 18.3 Å². The molecule has 2 unspecified atom stereocenters. The first-order chi connectivity index (χ1) is 11.5. The van der Waals surface area contributed by atoms with Crippen LogP contribution >= 0.6 is 0 Å².